The van der Waals surface area contributed by atoms with E-state index in [1.54, 1.807) is 21.3 Å². The summed E-state index contributed by atoms with van der Waals surface area (Å²) in [4.78, 5) is 43.5. The summed E-state index contributed by atoms with van der Waals surface area (Å²) in [5.74, 6) is -1.64. The molecule has 6 rings (SSSR count). The van der Waals surface area contributed by atoms with E-state index in [1.807, 2.05) is 54.6 Å². The molecule has 12 heteroatoms. The third-order valence-electron chi connectivity index (χ3n) is 8.53. The lowest BCUT2D eigenvalue weighted by Crippen LogP contribution is -2.55. The van der Waals surface area contributed by atoms with Crippen LogP contribution in [0.4, 0.5) is 0 Å². The van der Waals surface area contributed by atoms with E-state index >= 15 is 0 Å². The molecule has 0 aliphatic carbocycles. The number of hydrogen-bond acceptors (Lipinski definition) is 7. The fourth-order valence-electron chi connectivity index (χ4n) is 6.73. The van der Waals surface area contributed by atoms with Gasteiger partial charge in [-0.15, -0.1) is 16.9 Å². The number of thioether (sulfide) groups is 1. The molecule has 216 valence electrons. The second-order valence-corrected chi connectivity index (χ2v) is 13.7. The van der Waals surface area contributed by atoms with Crippen LogP contribution in [0.3, 0.4) is 0 Å². The number of benzene rings is 2. The topological polar surface area (TPSA) is 129 Å². The van der Waals surface area contributed by atoms with Crippen LogP contribution in [0, 0.1) is 11.8 Å². The molecule has 1 spiro atoms. The van der Waals surface area contributed by atoms with Crippen molar-refractivity contribution in [1.82, 2.24) is 30.5 Å². The van der Waals surface area contributed by atoms with Crippen LogP contribution in [0.15, 0.2) is 54.6 Å². The van der Waals surface area contributed by atoms with Crippen molar-refractivity contribution in [2.24, 2.45) is 11.8 Å². The highest BCUT2D eigenvalue weighted by Crippen LogP contribution is 2.67. The van der Waals surface area contributed by atoms with Gasteiger partial charge in [0.1, 0.15) is 18.2 Å². The van der Waals surface area contributed by atoms with Crippen LogP contribution in [0.2, 0.25) is 0 Å². The molecule has 10 nitrogen and oxygen atoms in total. The Morgan fingerprint density at radius 1 is 1.05 bits per heavy atom. The van der Waals surface area contributed by atoms with Gasteiger partial charge in [0.2, 0.25) is 17.7 Å². The standard InChI is InChI=1S/C29H33BrN6O4S/c30-19-15-29-23(22(24(19)41-29)26(38)31-16-18-9-3-1-4-10-18)28(40)35(13-7-2-8-14-37)25(29)27(39)32-17-36-21-12-6-5-11-20(21)33-34-36/h1,3-6,9-12,19,22-25,37H,2,7-8,13-17H2,(H,31,38)(H,32,39)/t19?,22-,23+,24-,25?,29?/m1/s1. The van der Waals surface area contributed by atoms with Crippen LogP contribution in [0.25, 0.3) is 11.0 Å². The quantitative estimate of drug-likeness (QED) is 0.217. The second-order valence-electron chi connectivity index (χ2n) is 11.0. The number of para-hydroxylation sites is 1. The van der Waals surface area contributed by atoms with Gasteiger partial charge >= 0.3 is 0 Å². The van der Waals surface area contributed by atoms with Crippen LogP contribution in [-0.4, -0.2) is 76.7 Å². The highest BCUT2D eigenvalue weighted by Gasteiger charge is 2.75. The van der Waals surface area contributed by atoms with Crippen molar-refractivity contribution in [2.45, 2.75) is 59.8 Å². The second kappa shape index (κ2) is 11.7. The summed E-state index contributed by atoms with van der Waals surface area (Å²) in [7, 11) is 0. The molecular formula is C29H33BrN6O4S. The Bertz CT molecular complexity index is 1440. The Morgan fingerprint density at radius 2 is 1.83 bits per heavy atom. The fourth-order valence-corrected chi connectivity index (χ4v) is 10.3. The lowest BCUT2D eigenvalue weighted by Gasteiger charge is -2.35. The molecule has 3 saturated heterocycles. The van der Waals surface area contributed by atoms with Crippen molar-refractivity contribution in [3.8, 4) is 0 Å². The van der Waals surface area contributed by atoms with E-state index in [0.717, 1.165) is 23.0 Å². The summed E-state index contributed by atoms with van der Waals surface area (Å²) in [6.45, 7) is 0.992. The van der Waals surface area contributed by atoms with Gasteiger partial charge in [-0.2, -0.15) is 0 Å². The van der Waals surface area contributed by atoms with Crippen molar-refractivity contribution in [3.63, 3.8) is 0 Å². The van der Waals surface area contributed by atoms with Crippen molar-refractivity contribution in [1.29, 1.82) is 0 Å². The van der Waals surface area contributed by atoms with Gasteiger partial charge in [0.05, 0.1) is 22.1 Å². The minimum atomic E-state index is -0.717. The van der Waals surface area contributed by atoms with Gasteiger partial charge in [-0.05, 0) is 43.4 Å². The Labute approximate surface area is 250 Å². The molecule has 3 N–H and O–H groups in total. The van der Waals surface area contributed by atoms with Gasteiger partial charge in [-0.25, -0.2) is 4.68 Å². The van der Waals surface area contributed by atoms with E-state index in [-0.39, 0.29) is 41.1 Å². The van der Waals surface area contributed by atoms with Gasteiger partial charge in [0.15, 0.2) is 0 Å². The summed E-state index contributed by atoms with van der Waals surface area (Å²) < 4.78 is 0.924. The molecule has 6 atom stereocenters. The molecule has 3 amide bonds. The molecule has 3 fully saturated rings. The molecule has 3 aliphatic heterocycles. The molecule has 41 heavy (non-hydrogen) atoms. The number of amides is 3. The molecule has 3 aromatic rings. The van der Waals surface area contributed by atoms with Gasteiger partial charge in [0.25, 0.3) is 0 Å². The third-order valence-corrected chi connectivity index (χ3v) is 11.8. The summed E-state index contributed by atoms with van der Waals surface area (Å²) in [6, 6.07) is 16.5. The number of carbonyl (C=O) groups excluding carboxylic acids is 3. The average Bonchev–Trinajstić information content (AvgIpc) is 3.70. The van der Waals surface area contributed by atoms with Crippen LogP contribution in [-0.2, 0) is 27.6 Å². The van der Waals surface area contributed by atoms with Crippen LogP contribution in [0.1, 0.15) is 31.2 Å². The van der Waals surface area contributed by atoms with Gasteiger partial charge < -0.3 is 20.6 Å². The lowest BCUT2D eigenvalue weighted by atomic mass is 9.70. The largest absolute Gasteiger partial charge is 0.396 e. The van der Waals surface area contributed by atoms with Crippen molar-refractivity contribution >= 4 is 56.4 Å². The number of fused-ring (bicyclic) bond motifs is 2. The molecule has 2 bridgehead atoms. The van der Waals surface area contributed by atoms with E-state index in [1.165, 1.54) is 0 Å². The lowest BCUT2D eigenvalue weighted by molar-refractivity contribution is -0.140. The molecule has 2 aromatic carbocycles. The first-order valence-electron chi connectivity index (χ1n) is 14.1. The van der Waals surface area contributed by atoms with E-state index in [4.69, 9.17) is 0 Å². The maximum Gasteiger partial charge on any atom is 0.245 e. The molecule has 3 aliphatic rings. The number of aromatic nitrogens is 3. The molecular weight excluding hydrogens is 608 g/mol. The Hall–Kier alpha value is -2.96. The van der Waals surface area contributed by atoms with Crippen molar-refractivity contribution in [2.75, 3.05) is 13.2 Å². The maximum absolute atomic E-state index is 14.1. The Kier molecular flexibility index (Phi) is 8.06. The van der Waals surface area contributed by atoms with E-state index < -0.39 is 22.6 Å². The molecule has 3 unspecified atom stereocenters. The van der Waals surface area contributed by atoms with Crippen molar-refractivity contribution < 1.29 is 19.5 Å². The van der Waals surface area contributed by atoms with Gasteiger partial charge in [-0.1, -0.05) is 63.6 Å². The SMILES string of the molecule is O=C(NCn1nnc2ccccc21)C1N(CCCCCO)C(=O)[C@@H]2[C@@H](C(=O)NCc3ccccc3)[C@@H]3SC12CC3Br. The van der Waals surface area contributed by atoms with E-state index in [2.05, 4.69) is 36.9 Å². The summed E-state index contributed by atoms with van der Waals surface area (Å²) in [5, 5.41) is 23.6. The first kappa shape index (κ1) is 28.2. The molecule has 0 radical (unpaired) electrons. The van der Waals surface area contributed by atoms with Gasteiger partial charge in [0, 0.05) is 29.8 Å². The van der Waals surface area contributed by atoms with Crippen molar-refractivity contribution in [3.05, 3.63) is 60.2 Å². The number of halogens is 1. The molecule has 1 aromatic heterocycles. The third kappa shape index (κ3) is 5.03. The number of alkyl halides is 1. The number of rotatable bonds is 11. The van der Waals surface area contributed by atoms with Gasteiger partial charge in [-0.3, -0.25) is 14.4 Å². The highest BCUT2D eigenvalue weighted by atomic mass is 79.9. The normalized spacial score (nSPS) is 28.3. The molecule has 0 saturated carbocycles. The van der Waals surface area contributed by atoms with Crippen LogP contribution >= 0.6 is 27.7 Å². The minimum absolute atomic E-state index is 0.00734. The Morgan fingerprint density at radius 3 is 2.63 bits per heavy atom. The number of nitrogens with one attached hydrogen (secondary N) is 2. The Balaban J connectivity index is 1.25. The average molecular weight is 642 g/mol. The van der Waals surface area contributed by atoms with E-state index in [9.17, 15) is 19.5 Å². The number of nitrogens with zero attached hydrogens (tertiary/aromatic N) is 4. The number of aliphatic hydroxyl groups is 1. The zero-order valence-electron chi connectivity index (χ0n) is 22.5. The number of carbonyl (C=O) groups is 3. The first-order valence-corrected chi connectivity index (χ1v) is 15.8. The fraction of sp³-hybridized carbons (Fsp3) is 0.483. The first-order chi connectivity index (χ1) is 19.9. The smallest absolute Gasteiger partial charge is 0.245 e. The number of aliphatic hydroxyl groups excluding tert-OH is 1. The molecule has 4 heterocycles. The zero-order valence-corrected chi connectivity index (χ0v) is 24.9. The summed E-state index contributed by atoms with van der Waals surface area (Å²) in [6.07, 6.45) is 2.68. The predicted octanol–water partition coefficient (Wildman–Crippen LogP) is 2.45. The number of likely N-dealkylation sites (tertiary alicyclic amines) is 1. The minimum Gasteiger partial charge on any atom is -0.396 e. The predicted molar refractivity (Wildman–Crippen MR) is 159 cm³/mol. The maximum atomic E-state index is 14.1. The number of unbranched alkanes of at least 4 members (excludes halogenated alkanes) is 2. The van der Waals surface area contributed by atoms with E-state index in [0.29, 0.717) is 32.4 Å². The highest BCUT2D eigenvalue weighted by molar-refractivity contribution is 9.09. The number of hydrogen-bond donors (Lipinski definition) is 3. The van der Waals surface area contributed by atoms with Crippen LogP contribution in [0.5, 0.6) is 0 Å². The zero-order chi connectivity index (χ0) is 28.6. The van der Waals surface area contributed by atoms with Crippen LogP contribution < -0.4 is 10.6 Å². The summed E-state index contributed by atoms with van der Waals surface area (Å²) >= 11 is 5.43. The monoisotopic (exact) mass is 640 g/mol. The summed E-state index contributed by atoms with van der Waals surface area (Å²) in [5.41, 5.74) is 2.53.